The van der Waals surface area contributed by atoms with Crippen LogP contribution in [0.5, 0.6) is 0 Å². The monoisotopic (exact) mass is 98.0 g/mol. The molecule has 0 aromatic rings. The Bertz CT molecular complexity index is 93.9. The van der Waals surface area contributed by atoms with Gasteiger partial charge < -0.3 is 5.41 Å². The van der Waals surface area contributed by atoms with Gasteiger partial charge in [-0.3, -0.25) is 0 Å². The van der Waals surface area contributed by atoms with Gasteiger partial charge in [0.15, 0.2) is 0 Å². The first-order chi connectivity index (χ1) is 3.41. The van der Waals surface area contributed by atoms with Gasteiger partial charge in [0.2, 0.25) is 6.08 Å². The predicted octanol–water partition coefficient (Wildman–Crippen LogP) is 0.362. The molecule has 7 heavy (non-hydrogen) atoms. The number of hydrogen-bond donors (Lipinski definition) is 1. The molecule has 0 spiro atoms. The zero-order chi connectivity index (χ0) is 5.54. The third-order valence-corrected chi connectivity index (χ3v) is 0.450. The lowest BCUT2D eigenvalue weighted by molar-refractivity contribution is 0.563. The SMILES string of the molecule is N=CCCN=C=O. The molecule has 0 saturated carbocycles. The highest BCUT2D eigenvalue weighted by atomic mass is 16.1. The molecule has 0 heterocycles. The summed E-state index contributed by atoms with van der Waals surface area (Å²) in [5.41, 5.74) is 0. The second kappa shape index (κ2) is 5.05. The van der Waals surface area contributed by atoms with Crippen molar-refractivity contribution in [1.82, 2.24) is 0 Å². The molecule has 0 saturated heterocycles. The number of aliphatic imine (C=N–C) groups is 1. The molecule has 0 atom stereocenters. The molecule has 1 N–H and O–H groups in total. The van der Waals surface area contributed by atoms with Crippen molar-refractivity contribution in [1.29, 1.82) is 5.41 Å². The molecular formula is C4H6N2O. The smallest absolute Gasteiger partial charge is 0.234 e. The highest BCUT2D eigenvalue weighted by Gasteiger charge is 1.71. The van der Waals surface area contributed by atoms with E-state index >= 15 is 0 Å². The Morgan fingerprint density at radius 2 is 2.57 bits per heavy atom. The van der Waals surface area contributed by atoms with E-state index in [4.69, 9.17) is 5.41 Å². The minimum Gasteiger partial charge on any atom is -0.313 e. The van der Waals surface area contributed by atoms with E-state index in [1.165, 1.54) is 12.3 Å². The molecule has 0 rings (SSSR count). The molecule has 0 unspecified atom stereocenters. The predicted molar refractivity (Wildman–Crippen MR) is 26.4 cm³/mol. The van der Waals surface area contributed by atoms with Crippen LogP contribution in [-0.4, -0.2) is 18.8 Å². The standard InChI is InChI=1S/C4H6N2O/c5-2-1-3-6-4-7/h2,5H,1,3H2. The number of rotatable bonds is 3. The molecule has 0 aromatic carbocycles. The third-order valence-electron chi connectivity index (χ3n) is 0.450. The van der Waals surface area contributed by atoms with Gasteiger partial charge >= 0.3 is 0 Å². The number of nitrogens with one attached hydrogen (secondary N) is 1. The summed E-state index contributed by atoms with van der Waals surface area (Å²) >= 11 is 0. The van der Waals surface area contributed by atoms with Crippen LogP contribution in [0.4, 0.5) is 0 Å². The highest BCUT2D eigenvalue weighted by molar-refractivity contribution is 5.53. The Labute approximate surface area is 41.6 Å². The van der Waals surface area contributed by atoms with E-state index in [0.29, 0.717) is 13.0 Å². The maximum Gasteiger partial charge on any atom is 0.234 e. The van der Waals surface area contributed by atoms with Crippen LogP contribution in [0.25, 0.3) is 0 Å². The van der Waals surface area contributed by atoms with Crippen molar-refractivity contribution in [3.05, 3.63) is 0 Å². The van der Waals surface area contributed by atoms with E-state index in [0.717, 1.165) is 0 Å². The second-order valence-electron chi connectivity index (χ2n) is 0.966. The Kier molecular flexibility index (Phi) is 4.36. The number of nitrogens with zero attached hydrogens (tertiary/aromatic N) is 1. The lowest BCUT2D eigenvalue weighted by Crippen LogP contribution is -1.77. The molecule has 3 nitrogen and oxygen atoms in total. The van der Waals surface area contributed by atoms with Crippen molar-refractivity contribution in [2.24, 2.45) is 4.99 Å². The second-order valence-corrected chi connectivity index (χ2v) is 0.966. The van der Waals surface area contributed by atoms with Crippen LogP contribution in [0, 0.1) is 5.41 Å². The minimum absolute atomic E-state index is 0.396. The van der Waals surface area contributed by atoms with Crippen molar-refractivity contribution < 1.29 is 4.79 Å². The van der Waals surface area contributed by atoms with Gasteiger partial charge in [-0.15, -0.1) is 0 Å². The molecule has 3 heteroatoms. The van der Waals surface area contributed by atoms with Gasteiger partial charge in [0.25, 0.3) is 0 Å². The van der Waals surface area contributed by atoms with Gasteiger partial charge in [-0.1, -0.05) is 0 Å². The molecule has 0 radical (unpaired) electrons. The first kappa shape index (κ1) is 6.05. The van der Waals surface area contributed by atoms with Gasteiger partial charge in [0, 0.05) is 6.42 Å². The van der Waals surface area contributed by atoms with Crippen LogP contribution in [0.2, 0.25) is 0 Å². The number of carbonyl (C=O) groups excluding carboxylic acids is 1. The lowest BCUT2D eigenvalue weighted by Gasteiger charge is -1.74. The van der Waals surface area contributed by atoms with E-state index in [-0.39, 0.29) is 0 Å². The molecule has 0 aliphatic heterocycles. The van der Waals surface area contributed by atoms with Crippen molar-refractivity contribution in [3.8, 4) is 0 Å². The summed E-state index contributed by atoms with van der Waals surface area (Å²) in [7, 11) is 0. The van der Waals surface area contributed by atoms with Crippen LogP contribution < -0.4 is 0 Å². The Morgan fingerprint density at radius 1 is 1.86 bits per heavy atom. The summed E-state index contributed by atoms with van der Waals surface area (Å²) in [6.45, 7) is 0.396. The van der Waals surface area contributed by atoms with Gasteiger partial charge in [0.1, 0.15) is 0 Å². The molecule has 0 amide bonds. The molecule has 0 fully saturated rings. The zero-order valence-corrected chi connectivity index (χ0v) is 3.85. The molecule has 0 bridgehead atoms. The van der Waals surface area contributed by atoms with E-state index in [2.05, 4.69) is 4.99 Å². The first-order valence-corrected chi connectivity index (χ1v) is 1.94. The molecular weight excluding hydrogens is 92.1 g/mol. The van der Waals surface area contributed by atoms with Gasteiger partial charge in [-0.25, -0.2) is 9.79 Å². The first-order valence-electron chi connectivity index (χ1n) is 1.94. The Balaban J connectivity index is 2.97. The summed E-state index contributed by atoms with van der Waals surface area (Å²) in [5, 5.41) is 6.47. The van der Waals surface area contributed by atoms with E-state index < -0.39 is 0 Å². The molecule has 0 aromatic heterocycles. The van der Waals surface area contributed by atoms with Crippen LogP contribution in [0.1, 0.15) is 6.42 Å². The summed E-state index contributed by atoms with van der Waals surface area (Å²) in [4.78, 5) is 12.5. The van der Waals surface area contributed by atoms with E-state index in [1.54, 1.807) is 0 Å². The van der Waals surface area contributed by atoms with Crippen LogP contribution in [-0.2, 0) is 4.79 Å². The molecule has 38 valence electrons. The Hall–Kier alpha value is -0.950. The van der Waals surface area contributed by atoms with Crippen molar-refractivity contribution in [3.63, 3.8) is 0 Å². The maximum atomic E-state index is 9.31. The maximum absolute atomic E-state index is 9.31. The largest absolute Gasteiger partial charge is 0.313 e. The lowest BCUT2D eigenvalue weighted by atomic mass is 10.5. The van der Waals surface area contributed by atoms with Crippen molar-refractivity contribution in [2.75, 3.05) is 6.54 Å². The topological polar surface area (TPSA) is 53.3 Å². The average Bonchev–Trinajstić information content (AvgIpc) is 1.69. The highest BCUT2D eigenvalue weighted by Crippen LogP contribution is 1.69. The van der Waals surface area contributed by atoms with Crippen molar-refractivity contribution in [2.45, 2.75) is 6.42 Å². The van der Waals surface area contributed by atoms with Gasteiger partial charge in [-0.05, 0) is 6.21 Å². The van der Waals surface area contributed by atoms with Crippen LogP contribution >= 0.6 is 0 Å². The molecule has 0 aliphatic rings. The Morgan fingerprint density at radius 3 is 3.00 bits per heavy atom. The summed E-state index contributed by atoms with van der Waals surface area (Å²) < 4.78 is 0. The quantitative estimate of drug-likeness (QED) is 0.309. The fourth-order valence-corrected chi connectivity index (χ4v) is 0.175. The minimum atomic E-state index is 0.396. The van der Waals surface area contributed by atoms with Crippen LogP contribution in [0.3, 0.4) is 0 Å². The van der Waals surface area contributed by atoms with Gasteiger partial charge in [-0.2, -0.15) is 0 Å². The van der Waals surface area contributed by atoms with E-state index in [1.807, 2.05) is 0 Å². The summed E-state index contributed by atoms with van der Waals surface area (Å²) in [6.07, 6.45) is 3.12. The van der Waals surface area contributed by atoms with Crippen molar-refractivity contribution >= 4 is 12.3 Å². The number of hydrogen-bond acceptors (Lipinski definition) is 3. The summed E-state index contributed by atoms with van der Waals surface area (Å²) in [5.74, 6) is 0. The normalized spacial score (nSPS) is 6.86. The fourth-order valence-electron chi connectivity index (χ4n) is 0.175. The number of isocyanates is 1. The molecule has 0 aliphatic carbocycles. The zero-order valence-electron chi connectivity index (χ0n) is 3.85. The van der Waals surface area contributed by atoms with Gasteiger partial charge in [0.05, 0.1) is 6.54 Å². The average molecular weight is 98.1 g/mol. The fraction of sp³-hybridized carbons (Fsp3) is 0.500. The third kappa shape index (κ3) is 5.05. The summed E-state index contributed by atoms with van der Waals surface area (Å²) in [6, 6.07) is 0. The van der Waals surface area contributed by atoms with Crippen LogP contribution in [0.15, 0.2) is 4.99 Å². The van der Waals surface area contributed by atoms with E-state index in [9.17, 15) is 4.79 Å².